The van der Waals surface area contributed by atoms with E-state index >= 15 is 0 Å². The van der Waals surface area contributed by atoms with Crippen LogP contribution in [0.4, 0.5) is 13.2 Å². The average Bonchev–Trinajstić information content (AvgIpc) is 3.31. The third-order valence-electron chi connectivity index (χ3n) is 5.20. The van der Waals surface area contributed by atoms with Crippen LogP contribution in [0.3, 0.4) is 0 Å². The molecule has 1 amide bonds. The number of rotatable bonds is 5. The molecule has 1 saturated carbocycles. The molecule has 1 aliphatic rings. The maximum Gasteiger partial charge on any atom is 0.453 e. The van der Waals surface area contributed by atoms with Crippen molar-refractivity contribution >= 4 is 11.7 Å². The summed E-state index contributed by atoms with van der Waals surface area (Å²) in [7, 11) is 1.81. The minimum Gasteiger partial charge on any atom is -0.343 e. The highest BCUT2D eigenvalue weighted by atomic mass is 19.4. The van der Waals surface area contributed by atoms with Gasteiger partial charge in [0.05, 0.1) is 0 Å². The lowest BCUT2D eigenvalue weighted by molar-refractivity contribution is -0.144. The molecule has 0 aromatic carbocycles. The van der Waals surface area contributed by atoms with Crippen molar-refractivity contribution in [2.75, 3.05) is 7.05 Å². The second-order valence-electron chi connectivity index (χ2n) is 6.99. The molecule has 2 aromatic rings. The first-order valence-electron chi connectivity index (χ1n) is 8.65. The first-order chi connectivity index (χ1) is 12.1. The van der Waals surface area contributed by atoms with Crippen molar-refractivity contribution in [3.8, 4) is 0 Å². The Kier molecular flexibility index (Phi) is 4.66. The summed E-state index contributed by atoms with van der Waals surface area (Å²) >= 11 is 0. The summed E-state index contributed by atoms with van der Waals surface area (Å²) in [6.07, 6.45) is -1.62. The second-order valence-corrected chi connectivity index (χ2v) is 6.99. The zero-order valence-electron chi connectivity index (χ0n) is 15.3. The number of fused-ring (bicyclic) bond motifs is 1. The van der Waals surface area contributed by atoms with E-state index in [4.69, 9.17) is 0 Å². The molecule has 1 atom stereocenters. The third kappa shape index (κ3) is 3.52. The quantitative estimate of drug-likeness (QED) is 0.813. The number of carbonyl (C=O) groups is 1. The molecule has 0 spiro atoms. The summed E-state index contributed by atoms with van der Waals surface area (Å²) in [5.41, 5.74) is 1.83. The standard InChI is InChI=1S/C17H22F3N5O/c1-9-13(7-8-14(26)24(4)10(2)12-5-6-12)11(3)25-16(21-9)22-15(23-25)17(18,19)20/h10,12H,5-8H2,1-4H3/t10-/m0/s1. The summed E-state index contributed by atoms with van der Waals surface area (Å²) < 4.78 is 39.6. The van der Waals surface area contributed by atoms with E-state index in [1.807, 2.05) is 6.92 Å². The molecule has 0 aliphatic heterocycles. The Morgan fingerprint density at radius 1 is 1.31 bits per heavy atom. The van der Waals surface area contributed by atoms with Gasteiger partial charge in [-0.2, -0.15) is 18.2 Å². The summed E-state index contributed by atoms with van der Waals surface area (Å²) in [6, 6.07) is 0.218. The van der Waals surface area contributed by atoms with Crippen LogP contribution in [-0.4, -0.2) is 43.5 Å². The molecule has 0 saturated heterocycles. The van der Waals surface area contributed by atoms with Crippen molar-refractivity contribution in [3.05, 3.63) is 22.8 Å². The Bertz CT molecular complexity index is 841. The average molecular weight is 369 g/mol. The van der Waals surface area contributed by atoms with Crippen molar-refractivity contribution in [2.45, 2.75) is 58.7 Å². The second kappa shape index (κ2) is 6.51. The maximum absolute atomic E-state index is 12.8. The number of alkyl halides is 3. The molecule has 3 rings (SSSR count). The fourth-order valence-electron chi connectivity index (χ4n) is 3.22. The van der Waals surface area contributed by atoms with Gasteiger partial charge in [0, 0.05) is 30.9 Å². The van der Waals surface area contributed by atoms with Gasteiger partial charge in [0.25, 0.3) is 11.6 Å². The zero-order chi connectivity index (χ0) is 19.2. The molecule has 1 fully saturated rings. The van der Waals surface area contributed by atoms with Gasteiger partial charge in [-0.1, -0.05) is 0 Å². The summed E-state index contributed by atoms with van der Waals surface area (Å²) in [4.78, 5) is 21.8. The molecule has 9 heteroatoms. The van der Waals surface area contributed by atoms with Crippen molar-refractivity contribution < 1.29 is 18.0 Å². The van der Waals surface area contributed by atoms with E-state index in [1.54, 1.807) is 25.8 Å². The highest BCUT2D eigenvalue weighted by Gasteiger charge is 2.37. The van der Waals surface area contributed by atoms with E-state index in [2.05, 4.69) is 15.1 Å². The molecule has 0 radical (unpaired) electrons. The molecule has 1 aliphatic carbocycles. The van der Waals surface area contributed by atoms with E-state index in [1.165, 1.54) is 0 Å². The van der Waals surface area contributed by atoms with Crippen LogP contribution in [0, 0.1) is 19.8 Å². The van der Waals surface area contributed by atoms with Crippen LogP contribution in [-0.2, 0) is 17.4 Å². The number of amides is 1. The predicted molar refractivity (Wildman–Crippen MR) is 88.5 cm³/mol. The Balaban J connectivity index is 1.80. The molecular formula is C17H22F3N5O. The molecular weight excluding hydrogens is 347 g/mol. The molecule has 0 N–H and O–H groups in total. The summed E-state index contributed by atoms with van der Waals surface area (Å²) in [5.74, 6) is -0.681. The van der Waals surface area contributed by atoms with Crippen LogP contribution in [0.25, 0.3) is 5.78 Å². The fourth-order valence-corrected chi connectivity index (χ4v) is 3.22. The van der Waals surface area contributed by atoms with E-state index in [0.29, 0.717) is 23.7 Å². The molecule has 26 heavy (non-hydrogen) atoms. The number of aromatic nitrogens is 4. The fraction of sp³-hybridized carbons (Fsp3) is 0.647. The minimum absolute atomic E-state index is 0.0258. The van der Waals surface area contributed by atoms with E-state index in [0.717, 1.165) is 22.9 Å². The van der Waals surface area contributed by atoms with Crippen molar-refractivity contribution in [1.29, 1.82) is 0 Å². The number of hydrogen-bond acceptors (Lipinski definition) is 4. The Labute approximate surface area is 149 Å². The Morgan fingerprint density at radius 2 is 1.96 bits per heavy atom. The zero-order valence-corrected chi connectivity index (χ0v) is 15.3. The van der Waals surface area contributed by atoms with Crippen LogP contribution < -0.4 is 0 Å². The monoisotopic (exact) mass is 369 g/mol. The van der Waals surface area contributed by atoms with Gasteiger partial charge >= 0.3 is 6.18 Å². The SMILES string of the molecule is Cc1nc2nc(C(F)(F)F)nn2c(C)c1CCC(=O)N(C)[C@@H](C)C1CC1. The molecule has 0 bridgehead atoms. The topological polar surface area (TPSA) is 63.4 Å². The largest absolute Gasteiger partial charge is 0.453 e. The van der Waals surface area contributed by atoms with E-state index in [9.17, 15) is 18.0 Å². The first-order valence-corrected chi connectivity index (χ1v) is 8.65. The molecule has 2 heterocycles. The number of aryl methyl sites for hydroxylation is 2. The highest BCUT2D eigenvalue weighted by molar-refractivity contribution is 5.76. The van der Waals surface area contributed by atoms with Crippen LogP contribution in [0.1, 0.15) is 49.0 Å². The van der Waals surface area contributed by atoms with Crippen LogP contribution >= 0.6 is 0 Å². The molecule has 2 aromatic heterocycles. The summed E-state index contributed by atoms with van der Waals surface area (Å²) in [6.45, 7) is 5.44. The van der Waals surface area contributed by atoms with Gasteiger partial charge in [0.15, 0.2) is 0 Å². The predicted octanol–water partition coefficient (Wildman–Crippen LogP) is 2.95. The van der Waals surface area contributed by atoms with Gasteiger partial charge < -0.3 is 4.90 Å². The van der Waals surface area contributed by atoms with E-state index < -0.39 is 12.0 Å². The van der Waals surface area contributed by atoms with Gasteiger partial charge in [-0.3, -0.25) is 4.79 Å². The lowest BCUT2D eigenvalue weighted by Gasteiger charge is -2.25. The van der Waals surface area contributed by atoms with Crippen LogP contribution in [0.2, 0.25) is 0 Å². The number of nitrogens with zero attached hydrogens (tertiary/aromatic N) is 5. The van der Waals surface area contributed by atoms with Crippen molar-refractivity contribution in [2.24, 2.45) is 5.92 Å². The number of carbonyl (C=O) groups excluding carboxylic acids is 1. The van der Waals surface area contributed by atoms with E-state index in [-0.39, 0.29) is 24.1 Å². The summed E-state index contributed by atoms with van der Waals surface area (Å²) in [5, 5.41) is 3.53. The molecule has 6 nitrogen and oxygen atoms in total. The lowest BCUT2D eigenvalue weighted by atomic mass is 10.1. The normalized spacial score (nSPS) is 16.1. The van der Waals surface area contributed by atoms with Gasteiger partial charge in [-0.15, -0.1) is 5.10 Å². The number of halogens is 3. The van der Waals surface area contributed by atoms with Gasteiger partial charge in [-0.25, -0.2) is 9.50 Å². The van der Waals surface area contributed by atoms with Crippen molar-refractivity contribution in [1.82, 2.24) is 24.5 Å². The highest BCUT2D eigenvalue weighted by Crippen LogP contribution is 2.35. The van der Waals surface area contributed by atoms with Crippen molar-refractivity contribution in [3.63, 3.8) is 0 Å². The van der Waals surface area contributed by atoms with Crippen LogP contribution in [0.5, 0.6) is 0 Å². The van der Waals surface area contributed by atoms with Gasteiger partial charge in [0.2, 0.25) is 5.91 Å². The van der Waals surface area contributed by atoms with Gasteiger partial charge in [0.1, 0.15) is 0 Å². The Morgan fingerprint density at radius 3 is 2.54 bits per heavy atom. The smallest absolute Gasteiger partial charge is 0.343 e. The van der Waals surface area contributed by atoms with Crippen LogP contribution in [0.15, 0.2) is 0 Å². The first kappa shape index (κ1) is 18.6. The van der Waals surface area contributed by atoms with Gasteiger partial charge in [-0.05, 0) is 51.5 Å². The molecule has 0 unspecified atom stereocenters. The number of hydrogen-bond donors (Lipinski definition) is 0. The maximum atomic E-state index is 12.8. The Hall–Kier alpha value is -2.19. The lowest BCUT2D eigenvalue weighted by Crippen LogP contribution is -2.36. The third-order valence-corrected chi connectivity index (χ3v) is 5.20. The molecule has 142 valence electrons. The minimum atomic E-state index is -4.62.